The molecule has 0 saturated carbocycles. The van der Waals surface area contributed by atoms with Crippen LogP contribution in [0.3, 0.4) is 0 Å². The van der Waals surface area contributed by atoms with Gasteiger partial charge in [-0.25, -0.2) is 4.79 Å². The number of hydrogen-bond acceptors (Lipinski definition) is 2. The summed E-state index contributed by atoms with van der Waals surface area (Å²) in [4.78, 5) is 11.7. The number of esters is 1. The lowest BCUT2D eigenvalue weighted by Gasteiger charge is -2.18. The highest BCUT2D eigenvalue weighted by atomic mass is 16.5. The second-order valence-electron chi connectivity index (χ2n) is 5.24. The Morgan fingerprint density at radius 1 is 1.11 bits per heavy atom. The highest BCUT2D eigenvalue weighted by Crippen LogP contribution is 2.34. The van der Waals surface area contributed by atoms with Gasteiger partial charge < -0.3 is 4.74 Å². The van der Waals surface area contributed by atoms with E-state index in [1.165, 1.54) is 0 Å². The molecule has 0 unspecified atom stereocenters. The maximum atomic E-state index is 11.7. The third kappa shape index (κ3) is 3.22. The SMILES string of the molecule is C=C(C)C(=O)Oc1c(C(C)C)cccc1C(C)C. The molecule has 0 amide bonds. The van der Waals surface area contributed by atoms with Gasteiger partial charge in [0, 0.05) is 5.57 Å². The smallest absolute Gasteiger partial charge is 0.338 e. The lowest BCUT2D eigenvalue weighted by atomic mass is 9.94. The Balaban J connectivity index is 3.27. The Labute approximate surface area is 110 Å². The predicted octanol–water partition coefficient (Wildman–Crippen LogP) is 4.41. The average molecular weight is 246 g/mol. The van der Waals surface area contributed by atoms with E-state index in [1.54, 1.807) is 6.92 Å². The normalized spacial score (nSPS) is 10.8. The highest BCUT2D eigenvalue weighted by molar-refractivity contribution is 5.89. The van der Waals surface area contributed by atoms with Gasteiger partial charge in [0.05, 0.1) is 0 Å². The van der Waals surface area contributed by atoms with Gasteiger partial charge in [-0.15, -0.1) is 0 Å². The van der Waals surface area contributed by atoms with Crippen molar-refractivity contribution in [3.05, 3.63) is 41.5 Å². The van der Waals surface area contributed by atoms with E-state index in [0.717, 1.165) is 11.1 Å². The second-order valence-corrected chi connectivity index (χ2v) is 5.24. The van der Waals surface area contributed by atoms with E-state index >= 15 is 0 Å². The van der Waals surface area contributed by atoms with Gasteiger partial charge in [-0.05, 0) is 29.9 Å². The average Bonchev–Trinajstić information content (AvgIpc) is 2.28. The molecule has 2 heteroatoms. The first-order chi connectivity index (χ1) is 8.34. The number of ether oxygens (including phenoxy) is 1. The third-order valence-corrected chi connectivity index (χ3v) is 2.86. The molecule has 1 aromatic rings. The van der Waals surface area contributed by atoms with Crippen LogP contribution in [0.2, 0.25) is 0 Å². The van der Waals surface area contributed by atoms with Gasteiger partial charge in [-0.2, -0.15) is 0 Å². The second kappa shape index (κ2) is 5.85. The van der Waals surface area contributed by atoms with Crippen LogP contribution >= 0.6 is 0 Å². The summed E-state index contributed by atoms with van der Waals surface area (Å²) >= 11 is 0. The molecule has 0 radical (unpaired) electrons. The first kappa shape index (κ1) is 14.5. The minimum absolute atomic E-state index is 0.316. The summed E-state index contributed by atoms with van der Waals surface area (Å²) in [5.41, 5.74) is 2.55. The third-order valence-electron chi connectivity index (χ3n) is 2.86. The van der Waals surface area contributed by atoms with Crippen molar-refractivity contribution in [2.45, 2.75) is 46.5 Å². The summed E-state index contributed by atoms with van der Waals surface area (Å²) < 4.78 is 5.52. The first-order valence-corrected chi connectivity index (χ1v) is 6.35. The highest BCUT2D eigenvalue weighted by Gasteiger charge is 2.18. The van der Waals surface area contributed by atoms with Gasteiger partial charge in [0.1, 0.15) is 5.75 Å². The Morgan fingerprint density at radius 2 is 1.56 bits per heavy atom. The zero-order valence-electron chi connectivity index (χ0n) is 11.9. The molecule has 0 spiro atoms. The molecule has 2 nitrogen and oxygen atoms in total. The molecule has 0 fully saturated rings. The minimum Gasteiger partial charge on any atom is -0.423 e. The fourth-order valence-electron chi connectivity index (χ4n) is 1.78. The zero-order chi connectivity index (χ0) is 13.9. The summed E-state index contributed by atoms with van der Waals surface area (Å²) in [5.74, 6) is 0.980. The van der Waals surface area contributed by atoms with E-state index < -0.39 is 0 Å². The molecule has 0 aliphatic carbocycles. The number of carbonyl (C=O) groups excluding carboxylic acids is 1. The summed E-state index contributed by atoms with van der Waals surface area (Å²) in [7, 11) is 0. The maximum absolute atomic E-state index is 11.7. The van der Waals surface area contributed by atoms with Crippen LogP contribution in [0.25, 0.3) is 0 Å². The topological polar surface area (TPSA) is 26.3 Å². The van der Waals surface area contributed by atoms with Gasteiger partial charge in [0.15, 0.2) is 0 Å². The van der Waals surface area contributed by atoms with Crippen molar-refractivity contribution in [1.29, 1.82) is 0 Å². The predicted molar refractivity (Wildman–Crippen MR) is 75.1 cm³/mol. The quantitative estimate of drug-likeness (QED) is 0.446. The molecule has 1 rings (SSSR count). The van der Waals surface area contributed by atoms with Crippen LogP contribution in [0.4, 0.5) is 0 Å². The van der Waals surface area contributed by atoms with Crippen LogP contribution < -0.4 is 4.74 Å². The Kier molecular flexibility index (Phi) is 4.71. The number of hydrogen-bond donors (Lipinski definition) is 0. The lowest BCUT2D eigenvalue weighted by Crippen LogP contribution is -2.12. The van der Waals surface area contributed by atoms with Gasteiger partial charge in [0.25, 0.3) is 0 Å². The van der Waals surface area contributed by atoms with E-state index in [4.69, 9.17) is 4.74 Å². The lowest BCUT2D eigenvalue weighted by molar-refractivity contribution is -0.130. The molecule has 0 atom stereocenters. The van der Waals surface area contributed by atoms with Crippen molar-refractivity contribution in [3.8, 4) is 5.75 Å². The van der Waals surface area contributed by atoms with Crippen molar-refractivity contribution in [3.63, 3.8) is 0 Å². The molecule has 0 aromatic heterocycles. The van der Waals surface area contributed by atoms with E-state index in [0.29, 0.717) is 23.2 Å². The fraction of sp³-hybridized carbons (Fsp3) is 0.438. The van der Waals surface area contributed by atoms with Gasteiger partial charge in [-0.3, -0.25) is 0 Å². The summed E-state index contributed by atoms with van der Waals surface area (Å²) in [6.45, 7) is 13.7. The van der Waals surface area contributed by atoms with Crippen LogP contribution in [0.1, 0.15) is 57.6 Å². The number of rotatable bonds is 4. The summed E-state index contributed by atoms with van der Waals surface area (Å²) in [5, 5.41) is 0. The number of benzene rings is 1. The van der Waals surface area contributed by atoms with Gasteiger partial charge in [-0.1, -0.05) is 52.5 Å². The molecule has 18 heavy (non-hydrogen) atoms. The monoisotopic (exact) mass is 246 g/mol. The molecule has 1 aromatic carbocycles. The maximum Gasteiger partial charge on any atom is 0.338 e. The molecule has 98 valence electrons. The van der Waals surface area contributed by atoms with E-state index in [-0.39, 0.29) is 5.97 Å². The molecule has 0 N–H and O–H groups in total. The zero-order valence-corrected chi connectivity index (χ0v) is 11.9. The largest absolute Gasteiger partial charge is 0.423 e. The Hall–Kier alpha value is -1.57. The molecule has 0 aliphatic heterocycles. The van der Waals surface area contributed by atoms with Gasteiger partial charge in [0.2, 0.25) is 0 Å². The van der Waals surface area contributed by atoms with Crippen LogP contribution in [0.5, 0.6) is 5.75 Å². The summed E-state index contributed by atoms with van der Waals surface area (Å²) in [6, 6.07) is 6.04. The molecule has 0 bridgehead atoms. The van der Waals surface area contributed by atoms with E-state index in [1.807, 2.05) is 18.2 Å². The molecule has 0 saturated heterocycles. The first-order valence-electron chi connectivity index (χ1n) is 6.35. The van der Waals surface area contributed by atoms with Crippen LogP contribution in [0, 0.1) is 0 Å². The molecular weight excluding hydrogens is 224 g/mol. The number of carbonyl (C=O) groups is 1. The van der Waals surface area contributed by atoms with Crippen molar-refractivity contribution < 1.29 is 9.53 Å². The molecular formula is C16H22O2. The van der Waals surface area contributed by atoms with Crippen LogP contribution in [-0.4, -0.2) is 5.97 Å². The molecule has 0 aliphatic rings. The van der Waals surface area contributed by atoms with Crippen molar-refractivity contribution >= 4 is 5.97 Å². The Morgan fingerprint density at radius 3 is 1.89 bits per heavy atom. The molecule has 0 heterocycles. The Bertz CT molecular complexity index is 430. The number of para-hydroxylation sites is 1. The van der Waals surface area contributed by atoms with Crippen LogP contribution in [0.15, 0.2) is 30.4 Å². The summed E-state index contributed by atoms with van der Waals surface area (Å²) in [6.07, 6.45) is 0. The van der Waals surface area contributed by atoms with Crippen molar-refractivity contribution in [2.24, 2.45) is 0 Å². The van der Waals surface area contributed by atoms with Crippen molar-refractivity contribution in [2.75, 3.05) is 0 Å². The van der Waals surface area contributed by atoms with Crippen LogP contribution in [-0.2, 0) is 4.79 Å². The van der Waals surface area contributed by atoms with Crippen molar-refractivity contribution in [1.82, 2.24) is 0 Å². The van der Waals surface area contributed by atoms with E-state index in [9.17, 15) is 4.79 Å². The van der Waals surface area contributed by atoms with E-state index in [2.05, 4.69) is 34.3 Å². The standard InChI is InChI=1S/C16H22O2/c1-10(2)13-8-7-9-14(11(3)4)15(13)18-16(17)12(5)6/h7-11H,5H2,1-4,6H3. The fourth-order valence-corrected chi connectivity index (χ4v) is 1.78. The minimum atomic E-state index is -0.356. The van der Waals surface area contributed by atoms with Gasteiger partial charge >= 0.3 is 5.97 Å².